The predicted molar refractivity (Wildman–Crippen MR) is 103 cm³/mol. The maximum atomic E-state index is 13.0. The minimum atomic E-state index is -0.217. The first kappa shape index (κ1) is 22.2. The molecule has 4 nitrogen and oxygen atoms in total. The Kier molecular flexibility index (Phi) is 9.72. The summed E-state index contributed by atoms with van der Waals surface area (Å²) in [5, 5.41) is 6.46. The first-order valence-corrected chi connectivity index (χ1v) is 8.69. The molecule has 2 aliphatic rings. The number of carbonyl (C=O) groups is 1. The number of carbonyl (C=O) groups excluding carboxylic acids is 1. The zero-order chi connectivity index (χ0) is 16.1. The Balaban J connectivity index is 0.00000156. The summed E-state index contributed by atoms with van der Waals surface area (Å²) < 4.78 is 13.0. The molecule has 1 aromatic rings. The molecule has 7 heteroatoms. The van der Waals surface area contributed by atoms with E-state index in [1.807, 2.05) is 0 Å². The van der Waals surface area contributed by atoms with Gasteiger partial charge in [-0.25, -0.2) is 4.39 Å². The van der Waals surface area contributed by atoms with E-state index in [1.165, 1.54) is 18.6 Å². The van der Waals surface area contributed by atoms with Crippen molar-refractivity contribution < 1.29 is 9.18 Å². The maximum absolute atomic E-state index is 13.0. The van der Waals surface area contributed by atoms with Gasteiger partial charge in [-0.15, -0.1) is 24.8 Å². The number of hydrogen-bond donors (Lipinski definition) is 2. The van der Waals surface area contributed by atoms with Gasteiger partial charge < -0.3 is 10.6 Å². The molecule has 2 atom stereocenters. The second-order valence-electron chi connectivity index (χ2n) is 6.69. The number of rotatable bonds is 6. The highest BCUT2D eigenvalue weighted by Gasteiger charge is 2.30. The lowest BCUT2D eigenvalue weighted by Gasteiger charge is -2.24. The van der Waals surface area contributed by atoms with Crippen LogP contribution in [0.2, 0.25) is 0 Å². The van der Waals surface area contributed by atoms with Gasteiger partial charge in [-0.1, -0.05) is 12.1 Å². The zero-order valence-electron chi connectivity index (χ0n) is 14.4. The summed E-state index contributed by atoms with van der Waals surface area (Å²) >= 11 is 0. The van der Waals surface area contributed by atoms with Gasteiger partial charge in [0.2, 0.25) is 5.91 Å². The SMILES string of the molecule is Cl.Cl.O=C(NCCC1CCNC1)C1CCCN1Cc1ccc(F)cc1. The third-order valence-electron chi connectivity index (χ3n) is 4.98. The Morgan fingerprint density at radius 2 is 2.00 bits per heavy atom. The van der Waals surface area contributed by atoms with E-state index in [0.29, 0.717) is 12.5 Å². The quantitative estimate of drug-likeness (QED) is 0.783. The van der Waals surface area contributed by atoms with E-state index in [4.69, 9.17) is 0 Å². The highest BCUT2D eigenvalue weighted by atomic mass is 35.5. The van der Waals surface area contributed by atoms with Gasteiger partial charge in [-0.3, -0.25) is 9.69 Å². The summed E-state index contributed by atoms with van der Waals surface area (Å²) in [4.78, 5) is 14.7. The van der Waals surface area contributed by atoms with Crippen molar-refractivity contribution in [2.24, 2.45) is 5.92 Å². The van der Waals surface area contributed by atoms with Crippen LogP contribution in [-0.2, 0) is 11.3 Å². The molecule has 2 heterocycles. The third-order valence-corrected chi connectivity index (χ3v) is 4.98. The smallest absolute Gasteiger partial charge is 0.237 e. The van der Waals surface area contributed by atoms with Crippen molar-refractivity contribution in [3.8, 4) is 0 Å². The molecule has 2 unspecified atom stereocenters. The van der Waals surface area contributed by atoms with Crippen LogP contribution in [0.15, 0.2) is 24.3 Å². The molecule has 0 spiro atoms. The number of nitrogens with one attached hydrogen (secondary N) is 2. The van der Waals surface area contributed by atoms with E-state index in [1.54, 1.807) is 12.1 Å². The minimum Gasteiger partial charge on any atom is -0.355 e. The fourth-order valence-electron chi connectivity index (χ4n) is 3.61. The molecule has 0 aromatic heterocycles. The van der Waals surface area contributed by atoms with Crippen molar-refractivity contribution in [1.82, 2.24) is 15.5 Å². The standard InChI is InChI=1S/C18H26FN3O.2ClH/c19-16-5-3-15(4-6-16)13-22-11-1-2-17(22)18(23)21-10-8-14-7-9-20-12-14;;/h3-6,14,17,20H,1-2,7-13H2,(H,21,23);2*1H. The second kappa shape index (κ2) is 11.0. The van der Waals surface area contributed by atoms with Gasteiger partial charge in [0, 0.05) is 13.1 Å². The molecule has 2 saturated heterocycles. The van der Waals surface area contributed by atoms with Crippen LogP contribution in [-0.4, -0.2) is 43.0 Å². The van der Waals surface area contributed by atoms with Gasteiger partial charge in [0.05, 0.1) is 6.04 Å². The van der Waals surface area contributed by atoms with Gasteiger partial charge >= 0.3 is 0 Å². The van der Waals surface area contributed by atoms with Crippen molar-refractivity contribution in [2.45, 2.75) is 38.3 Å². The Hall–Kier alpha value is -0.880. The first-order chi connectivity index (χ1) is 11.2. The Bertz CT molecular complexity index is 524. The highest BCUT2D eigenvalue weighted by molar-refractivity contribution is 5.85. The van der Waals surface area contributed by atoms with Crippen molar-refractivity contribution >= 4 is 30.7 Å². The molecule has 142 valence electrons. The van der Waals surface area contributed by atoms with Gasteiger partial charge in [-0.2, -0.15) is 0 Å². The summed E-state index contributed by atoms with van der Waals surface area (Å²) in [6.45, 7) is 4.60. The van der Waals surface area contributed by atoms with Crippen LogP contribution in [0.4, 0.5) is 4.39 Å². The van der Waals surface area contributed by atoms with Crippen LogP contribution in [0.1, 0.15) is 31.2 Å². The molecule has 0 aliphatic carbocycles. The van der Waals surface area contributed by atoms with Gasteiger partial charge in [0.1, 0.15) is 5.82 Å². The molecule has 1 amide bonds. The molecule has 1 aromatic carbocycles. The zero-order valence-corrected chi connectivity index (χ0v) is 16.0. The van der Waals surface area contributed by atoms with Gasteiger partial charge in [-0.05, 0) is 68.9 Å². The topological polar surface area (TPSA) is 44.4 Å². The van der Waals surface area contributed by atoms with Gasteiger partial charge in [0.15, 0.2) is 0 Å². The van der Waals surface area contributed by atoms with Crippen LogP contribution >= 0.6 is 24.8 Å². The van der Waals surface area contributed by atoms with Gasteiger partial charge in [0.25, 0.3) is 0 Å². The lowest BCUT2D eigenvalue weighted by Crippen LogP contribution is -2.43. The summed E-state index contributed by atoms with van der Waals surface area (Å²) in [5.41, 5.74) is 1.06. The van der Waals surface area contributed by atoms with Crippen molar-refractivity contribution in [3.63, 3.8) is 0 Å². The van der Waals surface area contributed by atoms with Crippen molar-refractivity contribution in [1.29, 1.82) is 0 Å². The molecular formula is C18H28Cl2FN3O. The van der Waals surface area contributed by atoms with Crippen LogP contribution in [0.25, 0.3) is 0 Å². The van der Waals surface area contributed by atoms with Crippen molar-refractivity contribution in [2.75, 3.05) is 26.2 Å². The van der Waals surface area contributed by atoms with Crippen LogP contribution in [0.5, 0.6) is 0 Å². The Morgan fingerprint density at radius 1 is 1.24 bits per heavy atom. The average molecular weight is 392 g/mol. The van der Waals surface area contributed by atoms with E-state index in [0.717, 1.165) is 51.0 Å². The maximum Gasteiger partial charge on any atom is 0.237 e. The van der Waals surface area contributed by atoms with Crippen LogP contribution in [0, 0.1) is 11.7 Å². The van der Waals surface area contributed by atoms with Crippen LogP contribution < -0.4 is 10.6 Å². The molecule has 3 rings (SSSR count). The van der Waals surface area contributed by atoms with Crippen LogP contribution in [0.3, 0.4) is 0 Å². The van der Waals surface area contributed by atoms with E-state index >= 15 is 0 Å². The summed E-state index contributed by atoms with van der Waals surface area (Å²) in [6.07, 6.45) is 4.24. The van der Waals surface area contributed by atoms with E-state index in [2.05, 4.69) is 15.5 Å². The van der Waals surface area contributed by atoms with E-state index < -0.39 is 0 Å². The lowest BCUT2D eigenvalue weighted by atomic mass is 10.1. The minimum absolute atomic E-state index is 0. The number of amides is 1. The molecular weight excluding hydrogens is 364 g/mol. The second-order valence-corrected chi connectivity index (χ2v) is 6.69. The van der Waals surface area contributed by atoms with Crippen molar-refractivity contribution in [3.05, 3.63) is 35.6 Å². The number of hydrogen-bond acceptors (Lipinski definition) is 3. The Labute approximate surface area is 161 Å². The lowest BCUT2D eigenvalue weighted by molar-refractivity contribution is -0.125. The summed E-state index contributed by atoms with van der Waals surface area (Å²) in [6, 6.07) is 6.53. The molecule has 2 N–H and O–H groups in total. The molecule has 2 aliphatic heterocycles. The number of nitrogens with zero attached hydrogens (tertiary/aromatic N) is 1. The molecule has 0 saturated carbocycles. The normalized spacial score (nSPS) is 22.9. The number of benzene rings is 1. The monoisotopic (exact) mass is 391 g/mol. The molecule has 25 heavy (non-hydrogen) atoms. The van der Waals surface area contributed by atoms with E-state index in [9.17, 15) is 9.18 Å². The molecule has 2 fully saturated rings. The average Bonchev–Trinajstić information content (AvgIpc) is 3.21. The number of halogens is 3. The van der Waals surface area contributed by atoms with E-state index in [-0.39, 0.29) is 42.6 Å². The fraction of sp³-hybridized carbons (Fsp3) is 0.611. The molecule has 0 radical (unpaired) electrons. The largest absolute Gasteiger partial charge is 0.355 e. The summed E-state index contributed by atoms with van der Waals surface area (Å²) in [7, 11) is 0. The molecule has 0 bridgehead atoms. The first-order valence-electron chi connectivity index (χ1n) is 8.69. The third kappa shape index (κ3) is 6.41. The number of likely N-dealkylation sites (tertiary alicyclic amines) is 1. The Morgan fingerprint density at radius 3 is 2.68 bits per heavy atom. The highest BCUT2D eigenvalue weighted by Crippen LogP contribution is 2.20. The predicted octanol–water partition coefficient (Wildman–Crippen LogP) is 2.75. The fourth-order valence-corrected chi connectivity index (χ4v) is 3.61. The summed E-state index contributed by atoms with van der Waals surface area (Å²) in [5.74, 6) is 0.635.